The first kappa shape index (κ1) is 24.0. The molecule has 1 aliphatic carbocycles. The summed E-state index contributed by atoms with van der Waals surface area (Å²) < 4.78 is 29.5. The summed E-state index contributed by atoms with van der Waals surface area (Å²) >= 11 is 0. The van der Waals surface area contributed by atoms with Crippen LogP contribution in [0.4, 0.5) is 17.5 Å². The summed E-state index contributed by atoms with van der Waals surface area (Å²) in [5.74, 6) is 1.08. The molecule has 0 amide bonds. The second-order valence-corrected chi connectivity index (χ2v) is 11.3. The maximum Gasteiger partial charge on any atom is 0.243 e. The minimum Gasteiger partial charge on any atom is -0.393 e. The number of nitrogens with one attached hydrogen (secondary N) is 2. The highest BCUT2D eigenvalue weighted by Crippen LogP contribution is 2.28. The van der Waals surface area contributed by atoms with Gasteiger partial charge in [0.1, 0.15) is 0 Å². The van der Waals surface area contributed by atoms with Crippen molar-refractivity contribution in [1.82, 2.24) is 23.8 Å². The van der Waals surface area contributed by atoms with E-state index in [0.717, 1.165) is 62.8 Å². The Hall–Kier alpha value is -2.76. The fraction of sp³-hybridized carbons (Fsp3) is 0.542. The van der Waals surface area contributed by atoms with Crippen LogP contribution in [0.5, 0.6) is 0 Å². The number of hydrogen-bond acceptors (Lipinski definition) is 8. The molecule has 5 rings (SSSR count). The molecule has 0 atom stereocenters. The highest BCUT2D eigenvalue weighted by molar-refractivity contribution is 7.89. The number of piperidine rings is 1. The highest BCUT2D eigenvalue weighted by Gasteiger charge is 2.26. The molecule has 188 valence electrons. The molecule has 3 aromatic rings. The summed E-state index contributed by atoms with van der Waals surface area (Å²) in [4.78, 5) is 14.2. The van der Waals surface area contributed by atoms with Gasteiger partial charge in [0.2, 0.25) is 16.0 Å². The zero-order chi connectivity index (χ0) is 24.4. The van der Waals surface area contributed by atoms with Crippen molar-refractivity contribution >= 4 is 38.6 Å². The first-order valence-corrected chi connectivity index (χ1v) is 13.9. The predicted octanol–water partition coefficient (Wildman–Crippen LogP) is 3.48. The Labute approximate surface area is 205 Å². The van der Waals surface area contributed by atoms with Gasteiger partial charge in [0.25, 0.3) is 0 Å². The minimum atomic E-state index is -3.48. The van der Waals surface area contributed by atoms with E-state index in [0.29, 0.717) is 35.3 Å². The second-order valence-electron chi connectivity index (χ2n) is 9.36. The van der Waals surface area contributed by atoms with Gasteiger partial charge in [-0.05, 0) is 69.7 Å². The molecular weight excluding hydrogens is 466 g/mol. The van der Waals surface area contributed by atoms with Crippen molar-refractivity contribution in [2.75, 3.05) is 23.7 Å². The van der Waals surface area contributed by atoms with Crippen molar-refractivity contribution in [3.8, 4) is 0 Å². The molecule has 0 radical (unpaired) electrons. The molecule has 2 aromatic heterocycles. The molecule has 1 aromatic carbocycles. The van der Waals surface area contributed by atoms with Crippen LogP contribution in [0.1, 0.15) is 51.9 Å². The van der Waals surface area contributed by atoms with Crippen LogP contribution in [0.3, 0.4) is 0 Å². The van der Waals surface area contributed by atoms with E-state index in [9.17, 15) is 13.5 Å². The summed E-state index contributed by atoms with van der Waals surface area (Å²) in [5.41, 5.74) is 2.11. The van der Waals surface area contributed by atoms with Crippen molar-refractivity contribution in [2.45, 2.75) is 75.5 Å². The van der Waals surface area contributed by atoms with Gasteiger partial charge in [-0.15, -0.1) is 0 Å². The monoisotopic (exact) mass is 499 g/mol. The third kappa shape index (κ3) is 5.12. The van der Waals surface area contributed by atoms with Gasteiger partial charge in [0.05, 0.1) is 17.3 Å². The molecule has 2 fully saturated rings. The number of hydrogen-bond donors (Lipinski definition) is 3. The molecule has 1 saturated carbocycles. The quantitative estimate of drug-likeness (QED) is 0.451. The maximum absolute atomic E-state index is 13.0. The third-order valence-electron chi connectivity index (χ3n) is 6.90. The lowest BCUT2D eigenvalue weighted by atomic mass is 9.93. The van der Waals surface area contributed by atoms with Crippen LogP contribution in [0.2, 0.25) is 0 Å². The van der Waals surface area contributed by atoms with Crippen molar-refractivity contribution in [1.29, 1.82) is 0 Å². The van der Waals surface area contributed by atoms with Crippen LogP contribution in [0.15, 0.2) is 35.5 Å². The van der Waals surface area contributed by atoms with E-state index < -0.39 is 10.0 Å². The molecule has 1 aliphatic heterocycles. The van der Waals surface area contributed by atoms with Gasteiger partial charge >= 0.3 is 0 Å². The van der Waals surface area contributed by atoms with Crippen LogP contribution in [-0.4, -0.2) is 62.6 Å². The van der Waals surface area contributed by atoms with Crippen LogP contribution in [-0.2, 0) is 16.6 Å². The number of rotatable bonds is 7. The molecule has 10 nitrogen and oxygen atoms in total. The first-order chi connectivity index (χ1) is 16.9. The smallest absolute Gasteiger partial charge is 0.243 e. The molecule has 3 heterocycles. The molecular formula is C24H33N7O3S. The Morgan fingerprint density at radius 1 is 1.03 bits per heavy atom. The Morgan fingerprint density at radius 3 is 2.43 bits per heavy atom. The molecule has 1 saturated heterocycles. The van der Waals surface area contributed by atoms with Crippen LogP contribution >= 0.6 is 0 Å². The van der Waals surface area contributed by atoms with Gasteiger partial charge in [-0.1, -0.05) is 6.42 Å². The van der Waals surface area contributed by atoms with Gasteiger partial charge in [0.15, 0.2) is 17.0 Å². The van der Waals surface area contributed by atoms with Crippen LogP contribution in [0, 0.1) is 0 Å². The average molecular weight is 500 g/mol. The fourth-order valence-electron chi connectivity index (χ4n) is 4.83. The van der Waals surface area contributed by atoms with Crippen molar-refractivity contribution in [2.24, 2.45) is 0 Å². The SMILES string of the molecule is CCn1cnc2c(Nc3ccc(S(=O)(=O)N4CCCCC4)cc3)nc(NC3CCC(O)CC3)nc21. The average Bonchev–Trinajstić information content (AvgIpc) is 3.30. The van der Waals surface area contributed by atoms with E-state index in [2.05, 4.69) is 15.6 Å². The second kappa shape index (κ2) is 10.1. The normalized spacial score (nSPS) is 21.8. The lowest BCUT2D eigenvalue weighted by Gasteiger charge is -2.26. The Morgan fingerprint density at radius 2 is 1.74 bits per heavy atom. The first-order valence-electron chi connectivity index (χ1n) is 12.5. The van der Waals surface area contributed by atoms with Gasteiger partial charge < -0.3 is 20.3 Å². The maximum atomic E-state index is 13.0. The Bertz CT molecular complexity index is 1260. The summed E-state index contributed by atoms with van der Waals surface area (Å²) in [6, 6.07) is 7.01. The van der Waals surface area contributed by atoms with Crippen LogP contribution in [0.25, 0.3) is 11.2 Å². The topological polar surface area (TPSA) is 125 Å². The fourth-order valence-corrected chi connectivity index (χ4v) is 6.35. The molecule has 35 heavy (non-hydrogen) atoms. The van der Waals surface area contributed by atoms with E-state index in [-0.39, 0.29) is 12.1 Å². The van der Waals surface area contributed by atoms with Crippen molar-refractivity contribution in [3.05, 3.63) is 30.6 Å². The number of aliphatic hydroxyl groups excluding tert-OH is 1. The molecule has 0 bridgehead atoms. The number of sulfonamides is 1. The number of nitrogens with zero attached hydrogens (tertiary/aromatic N) is 5. The lowest BCUT2D eigenvalue weighted by molar-refractivity contribution is 0.126. The number of aliphatic hydroxyl groups is 1. The summed E-state index contributed by atoms with van der Waals surface area (Å²) in [6.07, 6.45) is 7.69. The van der Waals surface area contributed by atoms with E-state index in [1.54, 1.807) is 34.9 Å². The number of benzene rings is 1. The molecule has 0 spiro atoms. The van der Waals surface area contributed by atoms with Gasteiger partial charge in [0, 0.05) is 31.4 Å². The Balaban J connectivity index is 1.39. The van der Waals surface area contributed by atoms with Crippen LogP contribution < -0.4 is 10.6 Å². The number of imidazole rings is 1. The molecule has 2 aliphatic rings. The van der Waals surface area contributed by atoms with Gasteiger partial charge in [-0.25, -0.2) is 13.4 Å². The number of fused-ring (bicyclic) bond motifs is 1. The molecule has 3 N–H and O–H groups in total. The summed E-state index contributed by atoms with van der Waals surface area (Å²) in [7, 11) is -3.48. The standard InChI is InChI=1S/C24H33N7O3S/c1-2-30-16-25-21-22(28-24(29-23(21)30)27-18-6-10-19(32)11-7-18)26-17-8-12-20(13-9-17)35(33,34)31-14-4-3-5-15-31/h8-9,12-13,16,18-19,32H,2-7,10-11,14-15H2,1H3,(H2,26,27,28,29). The Kier molecular flexibility index (Phi) is 6.90. The largest absolute Gasteiger partial charge is 0.393 e. The van der Waals surface area contributed by atoms with E-state index in [1.165, 1.54) is 0 Å². The van der Waals surface area contributed by atoms with Gasteiger partial charge in [-0.2, -0.15) is 14.3 Å². The van der Waals surface area contributed by atoms with E-state index in [4.69, 9.17) is 9.97 Å². The zero-order valence-electron chi connectivity index (χ0n) is 20.0. The van der Waals surface area contributed by atoms with Gasteiger partial charge in [-0.3, -0.25) is 0 Å². The number of anilines is 3. The summed E-state index contributed by atoms with van der Waals surface area (Å²) in [5, 5.41) is 16.5. The molecule has 0 unspecified atom stereocenters. The third-order valence-corrected chi connectivity index (χ3v) is 8.82. The number of aryl methyl sites for hydroxylation is 1. The van der Waals surface area contributed by atoms with Crippen molar-refractivity contribution in [3.63, 3.8) is 0 Å². The van der Waals surface area contributed by atoms with Crippen molar-refractivity contribution < 1.29 is 13.5 Å². The minimum absolute atomic E-state index is 0.209. The van der Waals surface area contributed by atoms with E-state index in [1.807, 2.05) is 11.5 Å². The molecule has 11 heteroatoms. The predicted molar refractivity (Wildman–Crippen MR) is 135 cm³/mol. The number of aromatic nitrogens is 4. The lowest BCUT2D eigenvalue weighted by Crippen LogP contribution is -2.35. The zero-order valence-corrected chi connectivity index (χ0v) is 20.8. The highest BCUT2D eigenvalue weighted by atomic mass is 32.2. The van der Waals surface area contributed by atoms with E-state index >= 15 is 0 Å². The summed E-state index contributed by atoms with van der Waals surface area (Å²) in [6.45, 7) is 3.92.